The number of hydrogen-bond acceptors (Lipinski definition) is 4. The number of nitrogens with one attached hydrogen (secondary N) is 4. The quantitative estimate of drug-likeness (QED) is 0.140. The van der Waals surface area contributed by atoms with Crippen molar-refractivity contribution in [2.45, 2.75) is 0 Å². The molecule has 8 aromatic rings. The van der Waals surface area contributed by atoms with Crippen LogP contribution in [0.1, 0.15) is 45.6 Å². The standard InChI is InChI=1S/C52H32N8/c1-3-41-42-4-2-6-44(52-47-21-17-39(59-47)27-35-13-9-31(55-35)24-32-10-14-36(56-32)28-40-18-22-48(52)60-40)50(42)49(41)43(5-1)51-45-19-15-37(57-45)25-33-11-7-29(53-33)23-30-8-12-34(54-30)26-38-16-20-46(51)58-38/h1-28,53,55,58,60H. The summed E-state index contributed by atoms with van der Waals surface area (Å²) in [5.41, 5.74) is 19.2. The van der Waals surface area contributed by atoms with Crippen LogP contribution in [0.3, 0.4) is 0 Å². The summed E-state index contributed by atoms with van der Waals surface area (Å²) in [6.45, 7) is 0. The molecule has 8 nitrogen and oxygen atoms in total. The van der Waals surface area contributed by atoms with Gasteiger partial charge < -0.3 is 19.9 Å². The highest BCUT2D eigenvalue weighted by atomic mass is 14.8. The Morgan fingerprint density at radius 3 is 1.03 bits per heavy atom. The predicted octanol–water partition coefficient (Wildman–Crippen LogP) is 11.8. The van der Waals surface area contributed by atoms with Gasteiger partial charge in [0.1, 0.15) is 0 Å². The van der Waals surface area contributed by atoms with Crippen molar-refractivity contribution in [1.29, 1.82) is 0 Å². The summed E-state index contributed by atoms with van der Waals surface area (Å²) >= 11 is 0. The lowest BCUT2D eigenvalue weighted by molar-refractivity contribution is 1.26. The number of rotatable bonds is 2. The highest BCUT2D eigenvalue weighted by Gasteiger charge is 2.20. The Kier molecular flexibility index (Phi) is 6.85. The molecule has 4 aliphatic heterocycles. The van der Waals surface area contributed by atoms with Gasteiger partial charge in [-0.3, -0.25) is 0 Å². The second-order valence-electron chi connectivity index (χ2n) is 15.6. The topological polar surface area (TPSA) is 115 Å². The van der Waals surface area contributed by atoms with Crippen LogP contribution in [0.15, 0.2) is 121 Å². The maximum absolute atomic E-state index is 5.25. The highest BCUT2D eigenvalue weighted by molar-refractivity contribution is 5.94. The van der Waals surface area contributed by atoms with E-state index in [0.29, 0.717) is 0 Å². The molecule has 0 saturated carbocycles. The van der Waals surface area contributed by atoms with Crippen molar-refractivity contribution in [3.05, 3.63) is 188 Å². The van der Waals surface area contributed by atoms with Crippen LogP contribution < -0.4 is 0 Å². The Morgan fingerprint density at radius 1 is 0.300 bits per heavy atom. The van der Waals surface area contributed by atoms with Crippen LogP contribution in [0.5, 0.6) is 0 Å². The van der Waals surface area contributed by atoms with Crippen LogP contribution in [-0.2, 0) is 0 Å². The first-order chi connectivity index (χ1) is 29.6. The molecule has 2 aromatic carbocycles. The average molecular weight is 769 g/mol. The normalized spacial score (nSPS) is 13.1. The molecule has 60 heavy (non-hydrogen) atoms. The van der Waals surface area contributed by atoms with Gasteiger partial charge in [-0.25, -0.2) is 19.9 Å². The minimum Gasteiger partial charge on any atom is -0.355 e. The lowest BCUT2D eigenvalue weighted by atomic mass is 9.88. The van der Waals surface area contributed by atoms with E-state index in [-0.39, 0.29) is 0 Å². The molecule has 5 aliphatic rings. The maximum atomic E-state index is 5.25. The Hall–Kier alpha value is -8.36. The fourth-order valence-electron chi connectivity index (χ4n) is 9.03. The zero-order chi connectivity index (χ0) is 39.3. The summed E-state index contributed by atoms with van der Waals surface area (Å²) in [4.78, 5) is 34.8. The molecule has 0 atom stereocenters. The number of H-pyrrole nitrogens is 4. The third-order valence-corrected chi connectivity index (χ3v) is 11.6. The first-order valence-electron chi connectivity index (χ1n) is 20.0. The molecule has 0 saturated heterocycles. The van der Waals surface area contributed by atoms with Crippen LogP contribution >= 0.6 is 0 Å². The van der Waals surface area contributed by atoms with E-state index in [1.54, 1.807) is 0 Å². The van der Waals surface area contributed by atoms with Gasteiger partial charge in [-0.2, -0.15) is 0 Å². The van der Waals surface area contributed by atoms with Gasteiger partial charge in [0.2, 0.25) is 0 Å². The smallest absolute Gasteiger partial charge is 0.0737 e. The second-order valence-corrected chi connectivity index (χ2v) is 15.6. The summed E-state index contributed by atoms with van der Waals surface area (Å²) in [6.07, 6.45) is 16.6. The fraction of sp³-hybridized carbons (Fsp3) is 0. The summed E-state index contributed by atoms with van der Waals surface area (Å²) in [6, 6.07) is 42.6. The number of fused-ring (bicyclic) bond motifs is 18. The van der Waals surface area contributed by atoms with E-state index in [0.717, 1.165) is 112 Å². The van der Waals surface area contributed by atoms with Crippen LogP contribution in [-0.4, -0.2) is 39.9 Å². The van der Waals surface area contributed by atoms with E-state index in [9.17, 15) is 0 Å². The van der Waals surface area contributed by atoms with Gasteiger partial charge in [-0.05, 0) is 166 Å². The van der Waals surface area contributed by atoms with E-state index in [4.69, 9.17) is 19.9 Å². The molecular formula is C52H32N8. The lowest BCUT2D eigenvalue weighted by Crippen LogP contribution is -1.99. The van der Waals surface area contributed by atoms with Gasteiger partial charge >= 0.3 is 0 Å². The SMILES string of the molecule is C1=Cc2cc3ccc([nH]3)c(-c3cccc4c3=c3c(-c5c6nc(cc7ccc(cc8nc(cc9ccc5[nH]9)C=C8)[nH]7)C=C6)cccc3=4)c3nc(cc4ccc(cc1n2)[nH]4)C=C3. The molecule has 0 unspecified atom stereocenters. The largest absolute Gasteiger partial charge is 0.355 e. The summed E-state index contributed by atoms with van der Waals surface area (Å²) in [7, 11) is 0. The highest BCUT2D eigenvalue weighted by Crippen LogP contribution is 2.38. The van der Waals surface area contributed by atoms with Crippen LogP contribution in [0, 0.1) is 20.9 Å². The molecule has 8 heteroatoms. The number of aromatic amines is 4. The molecular weight excluding hydrogens is 737 g/mol. The van der Waals surface area contributed by atoms with E-state index < -0.39 is 0 Å². The molecule has 0 amide bonds. The zero-order valence-corrected chi connectivity index (χ0v) is 32.0. The van der Waals surface area contributed by atoms with Crippen molar-refractivity contribution in [2.75, 3.05) is 0 Å². The molecule has 0 spiro atoms. The van der Waals surface area contributed by atoms with E-state index in [1.165, 1.54) is 20.9 Å². The van der Waals surface area contributed by atoms with Crippen LogP contribution in [0.25, 0.3) is 115 Å². The number of hydrogen-bond donors (Lipinski definition) is 4. The number of benzene rings is 2. The zero-order valence-electron chi connectivity index (χ0n) is 32.0. The van der Waals surface area contributed by atoms with E-state index >= 15 is 0 Å². The predicted molar refractivity (Wildman–Crippen MR) is 244 cm³/mol. The van der Waals surface area contributed by atoms with Gasteiger partial charge in [0, 0.05) is 55.3 Å². The molecule has 280 valence electrons. The van der Waals surface area contributed by atoms with Gasteiger partial charge in [0.25, 0.3) is 0 Å². The fourth-order valence-corrected chi connectivity index (χ4v) is 9.03. The van der Waals surface area contributed by atoms with Crippen molar-refractivity contribution >= 4 is 92.7 Å². The molecule has 4 N–H and O–H groups in total. The summed E-state index contributed by atoms with van der Waals surface area (Å²) in [5.74, 6) is 0. The molecule has 16 bridgehead atoms. The molecule has 10 heterocycles. The Bertz CT molecular complexity index is 3650. The molecule has 6 aromatic heterocycles. The first-order valence-corrected chi connectivity index (χ1v) is 20.0. The average Bonchev–Trinajstić information content (AvgIpc) is 4.09. The number of nitrogens with zero attached hydrogens (tertiary/aromatic N) is 4. The summed E-state index contributed by atoms with van der Waals surface area (Å²) in [5, 5.41) is 4.79. The minimum absolute atomic E-state index is 0.878. The Morgan fingerprint density at radius 2 is 0.633 bits per heavy atom. The third-order valence-electron chi connectivity index (χ3n) is 11.6. The van der Waals surface area contributed by atoms with Gasteiger partial charge in [-0.15, -0.1) is 0 Å². The monoisotopic (exact) mass is 768 g/mol. The van der Waals surface area contributed by atoms with Gasteiger partial charge in [-0.1, -0.05) is 36.4 Å². The minimum atomic E-state index is 0.878. The summed E-state index contributed by atoms with van der Waals surface area (Å²) < 4.78 is 0. The van der Waals surface area contributed by atoms with Crippen molar-refractivity contribution in [3.63, 3.8) is 0 Å². The van der Waals surface area contributed by atoms with E-state index in [1.807, 2.05) is 12.2 Å². The van der Waals surface area contributed by atoms with E-state index in [2.05, 4.69) is 178 Å². The van der Waals surface area contributed by atoms with Crippen LogP contribution in [0.4, 0.5) is 0 Å². The van der Waals surface area contributed by atoms with Crippen molar-refractivity contribution in [1.82, 2.24) is 39.9 Å². The maximum Gasteiger partial charge on any atom is 0.0737 e. The molecule has 13 rings (SSSR count). The molecule has 0 radical (unpaired) electrons. The van der Waals surface area contributed by atoms with Crippen molar-refractivity contribution < 1.29 is 0 Å². The van der Waals surface area contributed by atoms with Gasteiger partial charge in [0.15, 0.2) is 0 Å². The lowest BCUT2D eigenvalue weighted by Gasteiger charge is -2.15. The Balaban J connectivity index is 1.12. The Labute approximate surface area is 341 Å². The first kappa shape index (κ1) is 32.7. The molecule has 1 aliphatic carbocycles. The molecule has 0 fully saturated rings. The number of aromatic nitrogens is 8. The second kappa shape index (κ2) is 12.6. The van der Waals surface area contributed by atoms with Gasteiger partial charge in [0.05, 0.1) is 45.6 Å². The third kappa shape index (κ3) is 5.39. The van der Waals surface area contributed by atoms with Crippen molar-refractivity contribution in [2.24, 2.45) is 0 Å². The van der Waals surface area contributed by atoms with Crippen molar-refractivity contribution in [3.8, 4) is 22.3 Å². The van der Waals surface area contributed by atoms with Crippen LogP contribution in [0.2, 0.25) is 0 Å².